The lowest BCUT2D eigenvalue weighted by Gasteiger charge is -2.27. The molecule has 186 valence electrons. The maximum Gasteiger partial charge on any atom is 0.256 e. The van der Waals surface area contributed by atoms with Crippen molar-refractivity contribution < 1.29 is 18.7 Å². The van der Waals surface area contributed by atoms with Gasteiger partial charge in [-0.1, -0.05) is 30.3 Å². The summed E-state index contributed by atoms with van der Waals surface area (Å²) in [4.78, 5) is 35.7. The van der Waals surface area contributed by atoms with Gasteiger partial charge in [-0.2, -0.15) is 0 Å². The van der Waals surface area contributed by atoms with E-state index in [4.69, 9.17) is 9.15 Å². The molecule has 0 saturated carbocycles. The van der Waals surface area contributed by atoms with E-state index in [0.29, 0.717) is 49.1 Å². The number of oxazole rings is 1. The lowest BCUT2D eigenvalue weighted by Crippen LogP contribution is -2.41. The van der Waals surface area contributed by atoms with Crippen LogP contribution in [0.2, 0.25) is 0 Å². The van der Waals surface area contributed by atoms with Gasteiger partial charge in [0.2, 0.25) is 5.89 Å². The zero-order chi connectivity index (χ0) is 25.5. The van der Waals surface area contributed by atoms with E-state index in [1.807, 2.05) is 73.4 Å². The molecule has 0 spiro atoms. The molecule has 1 fully saturated rings. The number of hydrogen-bond donors (Lipinski definition) is 2. The Morgan fingerprint density at radius 2 is 1.84 bits per heavy atom. The number of hydrogen-bond acceptors (Lipinski definition) is 5. The summed E-state index contributed by atoms with van der Waals surface area (Å²) in [5, 5.41) is 2.93. The summed E-state index contributed by atoms with van der Waals surface area (Å²) in [5.74, 6) is 0.940. The van der Waals surface area contributed by atoms with Gasteiger partial charge in [0.15, 0.2) is 5.76 Å². The number of aromatic nitrogens is 2. The maximum atomic E-state index is 13.2. The fourth-order valence-electron chi connectivity index (χ4n) is 4.92. The Bertz CT molecular complexity index is 1540. The first-order valence-electron chi connectivity index (χ1n) is 12.2. The zero-order valence-corrected chi connectivity index (χ0v) is 20.6. The summed E-state index contributed by atoms with van der Waals surface area (Å²) >= 11 is 0. The van der Waals surface area contributed by atoms with Crippen LogP contribution in [-0.2, 0) is 9.53 Å². The molecule has 0 aliphatic carbocycles. The molecule has 8 heteroatoms. The number of benzene rings is 2. The standard InChI is InChI=1S/C29H26N4O4/c1-17-24(31-18(2)26(17)29(35)33-10-12-36-13-11-33)15-22-21-14-20(8-9-23(21)32-27(22)34)28-30-16-25(37-28)19-6-4-3-5-7-19/h3-9,14-16,31H,10-13H2,1-2H3,(H,32,34). The summed E-state index contributed by atoms with van der Waals surface area (Å²) in [7, 11) is 0. The summed E-state index contributed by atoms with van der Waals surface area (Å²) in [6, 6.07) is 15.4. The van der Waals surface area contributed by atoms with Gasteiger partial charge < -0.3 is 24.4 Å². The SMILES string of the molecule is Cc1[nH]c(C=C2C(=O)Nc3ccc(-c4ncc(-c5ccccc5)o4)cc32)c(C)c1C(=O)N1CCOCC1. The van der Waals surface area contributed by atoms with Crippen molar-refractivity contribution in [3.8, 4) is 22.8 Å². The molecule has 2 aliphatic heterocycles. The Morgan fingerprint density at radius 3 is 2.62 bits per heavy atom. The molecule has 1 saturated heterocycles. The number of carbonyl (C=O) groups excluding carboxylic acids is 2. The Kier molecular flexibility index (Phi) is 5.73. The van der Waals surface area contributed by atoms with Crippen molar-refractivity contribution in [2.75, 3.05) is 31.6 Å². The third-order valence-corrected chi connectivity index (χ3v) is 6.89. The molecular weight excluding hydrogens is 468 g/mol. The van der Waals surface area contributed by atoms with Crippen LogP contribution in [0.1, 0.15) is 32.9 Å². The first kappa shape index (κ1) is 23.0. The zero-order valence-electron chi connectivity index (χ0n) is 20.6. The van der Waals surface area contributed by atoms with E-state index < -0.39 is 0 Å². The van der Waals surface area contributed by atoms with Gasteiger partial charge in [-0.3, -0.25) is 9.59 Å². The van der Waals surface area contributed by atoms with E-state index >= 15 is 0 Å². The lowest BCUT2D eigenvalue weighted by molar-refractivity contribution is -0.110. The second kappa shape index (κ2) is 9.22. The molecule has 2 aromatic heterocycles. The van der Waals surface area contributed by atoms with E-state index in [9.17, 15) is 9.59 Å². The number of amides is 2. The highest BCUT2D eigenvalue weighted by Crippen LogP contribution is 2.37. The van der Waals surface area contributed by atoms with Gasteiger partial charge in [0.1, 0.15) is 0 Å². The van der Waals surface area contributed by atoms with Gasteiger partial charge in [0, 0.05) is 46.9 Å². The third-order valence-electron chi connectivity index (χ3n) is 6.89. The number of fused-ring (bicyclic) bond motifs is 1. The van der Waals surface area contributed by atoms with Gasteiger partial charge in [-0.15, -0.1) is 0 Å². The summed E-state index contributed by atoms with van der Waals surface area (Å²) in [6.07, 6.45) is 3.52. The van der Waals surface area contributed by atoms with Crippen molar-refractivity contribution in [2.24, 2.45) is 0 Å². The molecule has 0 radical (unpaired) electrons. The molecule has 0 atom stereocenters. The number of aromatic amines is 1. The Balaban J connectivity index is 1.34. The average Bonchev–Trinajstić information content (AvgIpc) is 3.61. The number of rotatable bonds is 4. The first-order chi connectivity index (χ1) is 18.0. The minimum atomic E-state index is -0.197. The molecule has 4 heterocycles. The van der Waals surface area contributed by atoms with Gasteiger partial charge in [-0.25, -0.2) is 4.98 Å². The average molecular weight is 495 g/mol. The van der Waals surface area contributed by atoms with Crippen LogP contribution >= 0.6 is 0 Å². The van der Waals surface area contributed by atoms with Gasteiger partial charge in [0.05, 0.1) is 30.5 Å². The molecule has 2 amide bonds. The van der Waals surface area contributed by atoms with E-state index in [1.54, 1.807) is 6.20 Å². The molecule has 37 heavy (non-hydrogen) atoms. The Labute approximate surface area is 214 Å². The molecule has 2 N–H and O–H groups in total. The van der Waals surface area contributed by atoms with Crippen LogP contribution in [0.25, 0.3) is 34.4 Å². The smallest absolute Gasteiger partial charge is 0.256 e. The molecule has 4 aromatic rings. The molecule has 0 bridgehead atoms. The van der Waals surface area contributed by atoms with Crippen LogP contribution in [-0.4, -0.2) is 53.0 Å². The minimum absolute atomic E-state index is 0.0177. The van der Waals surface area contributed by atoms with E-state index in [0.717, 1.165) is 39.3 Å². The lowest BCUT2D eigenvalue weighted by atomic mass is 10.0. The minimum Gasteiger partial charge on any atom is -0.436 e. The number of nitrogens with zero attached hydrogens (tertiary/aromatic N) is 2. The van der Waals surface area contributed by atoms with Crippen molar-refractivity contribution in [3.63, 3.8) is 0 Å². The Hall–Kier alpha value is -4.43. The number of aryl methyl sites for hydroxylation is 1. The highest BCUT2D eigenvalue weighted by atomic mass is 16.5. The van der Waals surface area contributed by atoms with Crippen LogP contribution in [0, 0.1) is 13.8 Å². The highest BCUT2D eigenvalue weighted by Gasteiger charge is 2.28. The third kappa shape index (κ3) is 4.15. The summed E-state index contributed by atoms with van der Waals surface area (Å²) in [6.45, 7) is 6.03. The normalized spacial score (nSPS) is 16.2. The molecule has 6 rings (SSSR count). The number of carbonyl (C=O) groups is 2. The van der Waals surface area contributed by atoms with Crippen LogP contribution in [0.15, 0.2) is 59.1 Å². The summed E-state index contributed by atoms with van der Waals surface area (Å²) < 4.78 is 11.4. The predicted octanol–water partition coefficient (Wildman–Crippen LogP) is 4.92. The van der Waals surface area contributed by atoms with Gasteiger partial charge in [-0.05, 0) is 43.7 Å². The Morgan fingerprint density at radius 1 is 1.05 bits per heavy atom. The van der Waals surface area contributed by atoms with Crippen LogP contribution in [0.4, 0.5) is 5.69 Å². The van der Waals surface area contributed by atoms with Crippen LogP contribution in [0.3, 0.4) is 0 Å². The largest absolute Gasteiger partial charge is 0.436 e. The van der Waals surface area contributed by atoms with Crippen LogP contribution < -0.4 is 5.32 Å². The molecular formula is C29H26N4O4. The van der Waals surface area contributed by atoms with Crippen molar-refractivity contribution in [1.82, 2.24) is 14.9 Å². The number of nitrogens with one attached hydrogen (secondary N) is 2. The van der Waals surface area contributed by atoms with Crippen molar-refractivity contribution >= 4 is 29.2 Å². The van der Waals surface area contributed by atoms with Crippen LogP contribution in [0.5, 0.6) is 0 Å². The second-order valence-corrected chi connectivity index (χ2v) is 9.24. The van der Waals surface area contributed by atoms with E-state index in [1.165, 1.54) is 0 Å². The quantitative estimate of drug-likeness (QED) is 0.392. The van der Waals surface area contributed by atoms with Crippen molar-refractivity contribution in [3.05, 3.63) is 82.8 Å². The predicted molar refractivity (Wildman–Crippen MR) is 141 cm³/mol. The van der Waals surface area contributed by atoms with Crippen molar-refractivity contribution in [2.45, 2.75) is 13.8 Å². The van der Waals surface area contributed by atoms with E-state index in [-0.39, 0.29) is 11.8 Å². The van der Waals surface area contributed by atoms with Crippen molar-refractivity contribution in [1.29, 1.82) is 0 Å². The van der Waals surface area contributed by atoms with Gasteiger partial charge >= 0.3 is 0 Å². The molecule has 2 aromatic carbocycles. The molecule has 8 nitrogen and oxygen atoms in total. The fourth-order valence-corrected chi connectivity index (χ4v) is 4.92. The summed E-state index contributed by atoms with van der Waals surface area (Å²) in [5.41, 5.74) is 6.69. The number of H-pyrrole nitrogens is 1. The number of morpholine rings is 1. The first-order valence-corrected chi connectivity index (χ1v) is 12.2. The van der Waals surface area contributed by atoms with E-state index in [2.05, 4.69) is 15.3 Å². The highest BCUT2D eigenvalue weighted by molar-refractivity contribution is 6.35. The topological polar surface area (TPSA) is 100 Å². The molecule has 2 aliphatic rings. The second-order valence-electron chi connectivity index (χ2n) is 9.24. The number of anilines is 1. The monoisotopic (exact) mass is 494 g/mol. The number of ether oxygens (including phenoxy) is 1. The van der Waals surface area contributed by atoms with Gasteiger partial charge in [0.25, 0.3) is 11.8 Å². The molecule has 0 unspecified atom stereocenters. The fraction of sp³-hybridized carbons (Fsp3) is 0.207. The maximum absolute atomic E-state index is 13.2.